The van der Waals surface area contributed by atoms with Crippen molar-refractivity contribution in [3.63, 3.8) is 0 Å². The summed E-state index contributed by atoms with van der Waals surface area (Å²) in [4.78, 5) is 2.14. The summed E-state index contributed by atoms with van der Waals surface area (Å²) in [6.07, 6.45) is 2.14. The summed E-state index contributed by atoms with van der Waals surface area (Å²) in [5.74, 6) is 0.737. The molecule has 1 atom stereocenters. The van der Waals surface area contributed by atoms with Crippen LogP contribution >= 0.6 is 0 Å². The Balaban J connectivity index is 1.77. The van der Waals surface area contributed by atoms with Gasteiger partial charge in [-0.1, -0.05) is 22.8 Å². The fourth-order valence-corrected chi connectivity index (χ4v) is 2.71. The van der Waals surface area contributed by atoms with Crippen LogP contribution in [-0.4, -0.2) is 57.7 Å². The summed E-state index contributed by atoms with van der Waals surface area (Å²) in [5, 5.41) is 21.0. The molecule has 7 heteroatoms. The molecule has 1 N–H and O–H groups in total. The van der Waals surface area contributed by atoms with E-state index in [1.165, 1.54) is 5.56 Å². The Morgan fingerprint density at radius 3 is 2.91 bits per heavy atom. The van der Waals surface area contributed by atoms with Gasteiger partial charge in [-0.3, -0.25) is 0 Å². The molecule has 3 rings (SSSR count). The number of aryl methyl sites for hydroxylation is 1. The lowest BCUT2D eigenvalue weighted by atomic mass is 10.1. The van der Waals surface area contributed by atoms with E-state index >= 15 is 0 Å². The van der Waals surface area contributed by atoms with E-state index in [1.54, 1.807) is 4.68 Å². The minimum Gasteiger partial charge on any atom is -0.394 e. The molecular weight excluding hydrogens is 282 g/mol. The molecule has 0 amide bonds. The first-order chi connectivity index (χ1) is 10.8. The maximum Gasteiger partial charge on any atom is 0.250 e. The highest BCUT2D eigenvalue weighted by atomic mass is 16.5. The lowest BCUT2D eigenvalue weighted by Crippen LogP contribution is -2.41. The first kappa shape index (κ1) is 14.9. The maximum absolute atomic E-state index is 8.89. The van der Waals surface area contributed by atoms with Gasteiger partial charge in [0.25, 0.3) is 0 Å². The normalized spacial score (nSPS) is 18.6. The van der Waals surface area contributed by atoms with Gasteiger partial charge in [0.1, 0.15) is 0 Å². The molecule has 0 aliphatic carbocycles. The lowest BCUT2D eigenvalue weighted by Gasteiger charge is -2.32. The molecule has 1 fully saturated rings. The standard InChI is InChI=1S/C15H21N5O2/c1-12-4-6-13(7-5-12)20-15(16-17-18-20)19-8-2-3-14(11-19)22-10-9-21/h4-7,14,21H,2-3,8-11H2,1H3/t14-/m1/s1. The third-order valence-electron chi connectivity index (χ3n) is 3.84. The maximum atomic E-state index is 8.89. The fourth-order valence-electron chi connectivity index (χ4n) is 2.71. The zero-order valence-electron chi connectivity index (χ0n) is 12.7. The van der Waals surface area contributed by atoms with Gasteiger partial charge in [0, 0.05) is 13.1 Å². The molecule has 1 aliphatic rings. The third kappa shape index (κ3) is 3.26. The molecular formula is C15H21N5O2. The summed E-state index contributed by atoms with van der Waals surface area (Å²) >= 11 is 0. The molecule has 0 bridgehead atoms. The Labute approximate surface area is 129 Å². The number of aromatic nitrogens is 4. The van der Waals surface area contributed by atoms with Gasteiger partial charge in [-0.05, 0) is 42.3 Å². The van der Waals surface area contributed by atoms with Crippen molar-refractivity contribution < 1.29 is 9.84 Å². The second kappa shape index (κ2) is 6.85. The number of nitrogens with zero attached hydrogens (tertiary/aromatic N) is 5. The van der Waals surface area contributed by atoms with Crippen LogP contribution in [0.2, 0.25) is 0 Å². The van der Waals surface area contributed by atoms with Crippen molar-refractivity contribution in [2.75, 3.05) is 31.2 Å². The van der Waals surface area contributed by atoms with Crippen molar-refractivity contribution in [1.82, 2.24) is 20.2 Å². The monoisotopic (exact) mass is 303 g/mol. The van der Waals surface area contributed by atoms with E-state index in [1.807, 2.05) is 24.3 Å². The van der Waals surface area contributed by atoms with Crippen LogP contribution in [-0.2, 0) is 4.74 Å². The van der Waals surface area contributed by atoms with E-state index in [9.17, 15) is 0 Å². The van der Waals surface area contributed by atoms with Crippen LogP contribution in [0, 0.1) is 6.92 Å². The minimum atomic E-state index is 0.0532. The van der Waals surface area contributed by atoms with Gasteiger partial charge >= 0.3 is 0 Å². The van der Waals surface area contributed by atoms with E-state index < -0.39 is 0 Å². The van der Waals surface area contributed by atoms with Crippen LogP contribution < -0.4 is 4.90 Å². The summed E-state index contributed by atoms with van der Waals surface area (Å²) in [7, 11) is 0. The van der Waals surface area contributed by atoms with Gasteiger partial charge < -0.3 is 14.7 Å². The molecule has 0 spiro atoms. The van der Waals surface area contributed by atoms with Gasteiger partial charge in [0.05, 0.1) is 25.0 Å². The Morgan fingerprint density at radius 2 is 2.14 bits per heavy atom. The summed E-state index contributed by atoms with van der Waals surface area (Å²) in [6, 6.07) is 8.12. The van der Waals surface area contributed by atoms with Gasteiger partial charge in [-0.25, -0.2) is 0 Å². The predicted molar refractivity (Wildman–Crippen MR) is 82.2 cm³/mol. The van der Waals surface area contributed by atoms with Gasteiger partial charge in [-0.15, -0.1) is 0 Å². The highest BCUT2D eigenvalue weighted by Gasteiger charge is 2.24. The van der Waals surface area contributed by atoms with Crippen molar-refractivity contribution in [2.24, 2.45) is 0 Å². The molecule has 22 heavy (non-hydrogen) atoms. The predicted octanol–water partition coefficient (Wildman–Crippen LogP) is 0.948. The van der Waals surface area contributed by atoms with Crippen molar-refractivity contribution in [3.8, 4) is 5.69 Å². The highest BCUT2D eigenvalue weighted by molar-refractivity contribution is 5.42. The smallest absolute Gasteiger partial charge is 0.250 e. The summed E-state index contributed by atoms with van der Waals surface area (Å²) in [5.41, 5.74) is 2.15. The van der Waals surface area contributed by atoms with Crippen molar-refractivity contribution in [2.45, 2.75) is 25.9 Å². The molecule has 0 radical (unpaired) electrons. The van der Waals surface area contributed by atoms with Gasteiger partial charge in [0.2, 0.25) is 5.95 Å². The second-order valence-electron chi connectivity index (χ2n) is 5.53. The molecule has 0 saturated carbocycles. The van der Waals surface area contributed by atoms with Gasteiger partial charge in [0.15, 0.2) is 0 Å². The Bertz CT molecular complexity index is 598. The van der Waals surface area contributed by atoms with E-state index in [2.05, 4.69) is 27.3 Å². The SMILES string of the molecule is Cc1ccc(-n2nnnc2N2CCC[C@@H](OCCO)C2)cc1. The number of ether oxygens (including phenoxy) is 1. The van der Waals surface area contributed by atoms with E-state index in [0.717, 1.165) is 37.6 Å². The highest BCUT2D eigenvalue weighted by Crippen LogP contribution is 2.21. The molecule has 0 unspecified atom stereocenters. The van der Waals surface area contributed by atoms with Crippen LogP contribution in [0.15, 0.2) is 24.3 Å². The Hall–Kier alpha value is -1.99. The molecule has 2 aromatic rings. The fraction of sp³-hybridized carbons (Fsp3) is 0.533. The average molecular weight is 303 g/mol. The minimum absolute atomic E-state index is 0.0532. The quantitative estimate of drug-likeness (QED) is 0.886. The zero-order chi connectivity index (χ0) is 15.4. The molecule has 1 aromatic carbocycles. The number of tetrazole rings is 1. The van der Waals surface area contributed by atoms with Crippen LogP contribution in [0.1, 0.15) is 18.4 Å². The largest absolute Gasteiger partial charge is 0.394 e. The van der Waals surface area contributed by atoms with Gasteiger partial charge in [-0.2, -0.15) is 4.68 Å². The van der Waals surface area contributed by atoms with Crippen molar-refractivity contribution >= 4 is 5.95 Å². The average Bonchev–Trinajstić information content (AvgIpc) is 3.03. The zero-order valence-corrected chi connectivity index (χ0v) is 12.7. The van der Waals surface area contributed by atoms with Crippen LogP contribution in [0.3, 0.4) is 0 Å². The van der Waals surface area contributed by atoms with Crippen LogP contribution in [0.25, 0.3) is 5.69 Å². The number of hydrogen-bond acceptors (Lipinski definition) is 6. The van der Waals surface area contributed by atoms with Crippen molar-refractivity contribution in [1.29, 1.82) is 0 Å². The van der Waals surface area contributed by atoms with E-state index in [4.69, 9.17) is 9.84 Å². The molecule has 118 valence electrons. The number of hydrogen-bond donors (Lipinski definition) is 1. The summed E-state index contributed by atoms with van der Waals surface area (Å²) in [6.45, 7) is 4.13. The number of aliphatic hydroxyl groups excluding tert-OH is 1. The van der Waals surface area contributed by atoms with E-state index in [-0.39, 0.29) is 12.7 Å². The lowest BCUT2D eigenvalue weighted by molar-refractivity contribution is 0.0211. The number of rotatable bonds is 5. The number of piperidine rings is 1. The third-order valence-corrected chi connectivity index (χ3v) is 3.84. The summed E-state index contributed by atoms with van der Waals surface area (Å²) < 4.78 is 7.41. The second-order valence-corrected chi connectivity index (χ2v) is 5.53. The molecule has 7 nitrogen and oxygen atoms in total. The number of benzene rings is 1. The molecule has 1 saturated heterocycles. The van der Waals surface area contributed by atoms with Crippen molar-refractivity contribution in [3.05, 3.63) is 29.8 Å². The number of anilines is 1. The Morgan fingerprint density at radius 1 is 1.32 bits per heavy atom. The van der Waals surface area contributed by atoms with Crippen LogP contribution in [0.5, 0.6) is 0 Å². The first-order valence-corrected chi connectivity index (χ1v) is 7.61. The molecule has 2 heterocycles. The molecule has 1 aliphatic heterocycles. The number of aliphatic hydroxyl groups is 1. The Kier molecular flexibility index (Phi) is 4.65. The first-order valence-electron chi connectivity index (χ1n) is 7.61. The topological polar surface area (TPSA) is 76.3 Å². The van der Waals surface area contributed by atoms with Crippen LogP contribution in [0.4, 0.5) is 5.95 Å². The van der Waals surface area contributed by atoms with E-state index in [0.29, 0.717) is 6.61 Å². The molecule has 1 aromatic heterocycles.